The van der Waals surface area contributed by atoms with Crippen LogP contribution in [-0.2, 0) is 22.4 Å². The molecule has 6 heterocycles. The van der Waals surface area contributed by atoms with Crippen LogP contribution in [-0.4, -0.2) is 46.4 Å². The number of aromatic nitrogens is 1. The van der Waals surface area contributed by atoms with E-state index in [-0.39, 0.29) is 18.5 Å². The molecule has 524 valence electrons. The molecule has 9 aromatic rings. The van der Waals surface area contributed by atoms with E-state index in [1.807, 2.05) is 27.3 Å². The zero-order valence-electron chi connectivity index (χ0n) is 61.9. The van der Waals surface area contributed by atoms with Crippen molar-refractivity contribution in [1.82, 2.24) is 14.8 Å². The highest BCUT2D eigenvalue weighted by Gasteiger charge is 2.49. The Morgan fingerprint density at radius 2 is 0.780 bits per heavy atom. The van der Waals surface area contributed by atoms with Crippen LogP contribution in [0.4, 0.5) is 17.1 Å². The van der Waals surface area contributed by atoms with Gasteiger partial charge in [0.05, 0.1) is 37.2 Å². The van der Waals surface area contributed by atoms with E-state index < -0.39 is 0 Å². The van der Waals surface area contributed by atoms with E-state index in [4.69, 9.17) is 4.98 Å². The summed E-state index contributed by atoms with van der Waals surface area (Å²) in [4.78, 5) is 49.7. The largest absolute Gasteiger partial charge is 0.311 e. The molecule has 6 nitrogen and oxygen atoms in total. The second kappa shape index (κ2) is 36.3. The van der Waals surface area contributed by atoms with Crippen LogP contribution in [0.15, 0.2) is 150 Å². The SMILES string of the molecule is CCCCCCCCc1ccc(N(c2ccc(CCCCCCCC)cc2)c2ccc(-c3ccc(C4=C5C(=O)N(CCCCCCCC)C(c6ccc(-c7cc(B(c8c(C)cc(C)cc8C)c8c(C)cc(C)cc8C)c(-c8nccs8)s7)s6)=C5C(=O)N4CCCCCCCC)s3)cc2)cc1. The summed E-state index contributed by atoms with van der Waals surface area (Å²) in [6.45, 7) is 23.7. The molecule has 100 heavy (non-hydrogen) atoms. The third-order valence-corrected chi connectivity index (χ3v) is 25.3. The van der Waals surface area contributed by atoms with Crippen LogP contribution in [0.25, 0.3) is 41.5 Å². The number of anilines is 3. The van der Waals surface area contributed by atoms with Crippen molar-refractivity contribution in [2.45, 2.75) is 236 Å². The third kappa shape index (κ3) is 17.8. The first-order valence-electron chi connectivity index (χ1n) is 38.4. The normalized spacial score (nSPS) is 13.1. The van der Waals surface area contributed by atoms with Crippen LogP contribution < -0.4 is 21.3 Å². The number of benzene rings is 5. The fraction of sp³-hybridized carbons (Fsp3) is 0.427. The molecule has 5 aromatic carbocycles. The molecule has 0 bridgehead atoms. The van der Waals surface area contributed by atoms with Gasteiger partial charge in [0.2, 0.25) is 6.71 Å². The number of carbonyl (C=O) groups is 2. The number of rotatable bonds is 39. The average molecular weight is 1410 g/mol. The lowest BCUT2D eigenvalue weighted by molar-refractivity contribution is -0.124. The first-order chi connectivity index (χ1) is 48.8. The summed E-state index contributed by atoms with van der Waals surface area (Å²) in [5.74, 6) is -0.0971. The number of unbranched alkanes of at least 4 members (excludes halogenated alkanes) is 20. The van der Waals surface area contributed by atoms with Crippen LogP contribution in [0.1, 0.15) is 236 Å². The Labute approximate surface area is 617 Å². The van der Waals surface area contributed by atoms with Crippen molar-refractivity contribution in [3.63, 3.8) is 0 Å². The minimum absolute atomic E-state index is 0.0299. The number of carbonyl (C=O) groups excluding carboxylic acids is 2. The van der Waals surface area contributed by atoms with Crippen LogP contribution >= 0.6 is 45.3 Å². The van der Waals surface area contributed by atoms with Crippen LogP contribution in [0.2, 0.25) is 0 Å². The van der Waals surface area contributed by atoms with Crippen LogP contribution in [0, 0.1) is 41.5 Å². The fourth-order valence-electron chi connectivity index (χ4n) is 15.7. The first-order valence-corrected chi connectivity index (χ1v) is 41.7. The molecule has 0 fully saturated rings. The van der Waals surface area contributed by atoms with Crippen molar-refractivity contribution in [2.24, 2.45) is 0 Å². The van der Waals surface area contributed by atoms with Gasteiger partial charge in [0.25, 0.3) is 11.8 Å². The van der Waals surface area contributed by atoms with Crippen molar-refractivity contribution >= 4 is 109 Å². The highest BCUT2D eigenvalue weighted by atomic mass is 32.1. The van der Waals surface area contributed by atoms with Gasteiger partial charge >= 0.3 is 0 Å². The summed E-state index contributed by atoms with van der Waals surface area (Å²) in [5, 5.41) is 3.11. The lowest BCUT2D eigenvalue weighted by atomic mass is 9.34. The number of hydrogen-bond donors (Lipinski definition) is 0. The lowest BCUT2D eigenvalue weighted by Crippen LogP contribution is -2.56. The predicted molar refractivity (Wildman–Crippen MR) is 437 cm³/mol. The highest BCUT2D eigenvalue weighted by molar-refractivity contribution is 7.28. The number of fused-ring (bicyclic) bond motifs is 1. The van der Waals surface area contributed by atoms with Crippen molar-refractivity contribution in [2.75, 3.05) is 18.0 Å². The highest BCUT2D eigenvalue weighted by Crippen LogP contribution is 2.51. The molecular weight excluding hydrogens is 1300 g/mol. The van der Waals surface area contributed by atoms with Crippen molar-refractivity contribution in [3.8, 4) is 30.1 Å². The van der Waals surface area contributed by atoms with E-state index >= 15 is 9.59 Å². The maximum Gasteiger partial charge on any atom is 0.261 e. The van der Waals surface area contributed by atoms with Gasteiger partial charge in [0.1, 0.15) is 5.01 Å². The predicted octanol–water partition coefficient (Wildman–Crippen LogP) is 24.5. The Hall–Kier alpha value is -6.89. The molecule has 0 atom stereocenters. The average Bonchev–Trinajstić information content (AvgIpc) is 1.55. The first kappa shape index (κ1) is 74.3. The molecular formula is C89H109BN4O2S4. The summed E-state index contributed by atoms with van der Waals surface area (Å²) >= 11 is 6.93. The second-order valence-corrected chi connectivity index (χ2v) is 32.9. The van der Waals surface area contributed by atoms with Crippen LogP contribution in [0.5, 0.6) is 0 Å². The lowest BCUT2D eigenvalue weighted by Gasteiger charge is -2.26. The summed E-state index contributed by atoms with van der Waals surface area (Å²) in [6, 6.07) is 48.3. The maximum absolute atomic E-state index is 15.9. The van der Waals surface area contributed by atoms with Crippen molar-refractivity contribution in [3.05, 3.63) is 204 Å². The third-order valence-electron chi connectivity index (χ3n) is 20.8. The summed E-state index contributed by atoms with van der Waals surface area (Å²) in [7, 11) is 0. The molecule has 0 aliphatic carbocycles. The Morgan fingerprint density at radius 3 is 1.20 bits per heavy atom. The smallest absolute Gasteiger partial charge is 0.261 e. The molecule has 0 saturated heterocycles. The number of amides is 2. The molecule has 0 spiro atoms. The molecule has 0 unspecified atom stereocenters. The number of thiazole rings is 1. The fourth-order valence-corrected chi connectivity index (χ4v) is 19.9. The van der Waals surface area contributed by atoms with Gasteiger partial charge in [-0.3, -0.25) is 9.59 Å². The van der Waals surface area contributed by atoms with E-state index in [1.165, 1.54) is 181 Å². The number of hydrogen-bond acceptors (Lipinski definition) is 8. The Balaban J connectivity index is 0.961. The summed E-state index contributed by atoms with van der Waals surface area (Å²) in [5.41, 5.74) is 21.7. The molecule has 2 aliphatic heterocycles. The van der Waals surface area contributed by atoms with Gasteiger partial charge in [-0.2, -0.15) is 0 Å². The Morgan fingerprint density at radius 1 is 0.400 bits per heavy atom. The van der Waals surface area contributed by atoms with Crippen LogP contribution in [0.3, 0.4) is 0 Å². The molecule has 11 rings (SSSR count). The molecule has 0 radical (unpaired) electrons. The zero-order chi connectivity index (χ0) is 70.1. The van der Waals surface area contributed by atoms with Gasteiger partial charge in [-0.15, -0.1) is 45.3 Å². The van der Waals surface area contributed by atoms with Gasteiger partial charge in [0.15, 0.2) is 0 Å². The number of nitrogens with zero attached hydrogens (tertiary/aromatic N) is 4. The van der Waals surface area contributed by atoms with Gasteiger partial charge < -0.3 is 14.7 Å². The summed E-state index contributed by atoms with van der Waals surface area (Å²) in [6.07, 6.45) is 33.0. The Bertz CT molecular complexity index is 4060. The number of thiophene rings is 3. The van der Waals surface area contributed by atoms with Gasteiger partial charge in [0, 0.05) is 56.4 Å². The molecule has 2 amide bonds. The topological polar surface area (TPSA) is 56.8 Å². The van der Waals surface area contributed by atoms with E-state index in [1.54, 1.807) is 34.0 Å². The Kier molecular flexibility index (Phi) is 27.0. The van der Waals surface area contributed by atoms with Gasteiger partial charge in [-0.05, 0) is 169 Å². The minimum atomic E-state index is -0.0486. The zero-order valence-corrected chi connectivity index (χ0v) is 65.2. The second-order valence-electron chi connectivity index (χ2n) is 28.8. The van der Waals surface area contributed by atoms with E-state index in [0.717, 1.165) is 115 Å². The van der Waals surface area contributed by atoms with E-state index in [9.17, 15) is 0 Å². The number of aryl methyl sites for hydroxylation is 8. The van der Waals surface area contributed by atoms with Crippen molar-refractivity contribution in [1.29, 1.82) is 0 Å². The monoisotopic (exact) mass is 1400 g/mol. The van der Waals surface area contributed by atoms with Crippen molar-refractivity contribution < 1.29 is 9.59 Å². The standard InChI is InChI=1S/C89H109BN4O2S4/c1-11-15-19-23-27-31-35-68-37-43-71(44-38-68)94(72-45-39-69(40-46-72)36-32-28-24-20-16-12-2)73-47-41-70(42-48-73)75-49-51-77(98-75)84-80-81(89(96)92(84)54-33-29-25-21-17-13-3)85(93(88(80)95)55-34-30-26-22-18-14-4)78-52-50-76(99-78)79-61-74(86(100-79)87-91-53-56-97-87)90(82-64(7)57-62(5)58-65(82)8)83-66(9)59-63(6)60-67(83)10/h37-53,56-61H,11-36,54-55H2,1-10H3. The quantitative estimate of drug-likeness (QED) is 0.0285. The maximum atomic E-state index is 15.9. The van der Waals surface area contributed by atoms with E-state index in [2.05, 4.69) is 207 Å². The minimum Gasteiger partial charge on any atom is -0.311 e. The molecule has 2 aliphatic rings. The molecule has 0 saturated carbocycles. The van der Waals surface area contributed by atoms with Gasteiger partial charge in [-0.25, -0.2) is 4.98 Å². The molecule has 4 aromatic heterocycles. The van der Waals surface area contributed by atoms with Gasteiger partial charge in [-0.1, -0.05) is 261 Å². The molecule has 11 heteroatoms. The molecule has 0 N–H and O–H groups in total. The van der Waals surface area contributed by atoms with E-state index in [0.29, 0.717) is 24.2 Å². The summed E-state index contributed by atoms with van der Waals surface area (Å²) < 4.78 is 0.